The van der Waals surface area contributed by atoms with E-state index in [4.69, 9.17) is 5.41 Å². The highest BCUT2D eigenvalue weighted by Gasteiger charge is 2.03. The Morgan fingerprint density at radius 1 is 1.60 bits per heavy atom. The maximum absolute atomic E-state index is 7.40. The lowest BCUT2D eigenvalue weighted by atomic mass is 9.96. The summed E-state index contributed by atoms with van der Waals surface area (Å²) in [5.41, 5.74) is 0.798. The van der Waals surface area contributed by atoms with E-state index in [1.165, 1.54) is 12.8 Å². The fourth-order valence-corrected chi connectivity index (χ4v) is 1.28. The third kappa shape index (κ3) is 2.34. The molecule has 1 aliphatic carbocycles. The van der Waals surface area contributed by atoms with E-state index >= 15 is 0 Å². The minimum Gasteiger partial charge on any atom is -0.305 e. The molecule has 1 rings (SSSR count). The topological polar surface area (TPSA) is 23.9 Å². The first-order valence-electron chi connectivity index (χ1n) is 4.03. The Labute approximate surface area is 62.6 Å². The lowest BCUT2D eigenvalue weighted by molar-refractivity contribution is 0.520. The number of hydrogen-bond donors (Lipinski definition) is 1. The van der Waals surface area contributed by atoms with Gasteiger partial charge in [-0.25, -0.2) is 0 Å². The molecule has 1 heteroatoms. The normalized spacial score (nSPS) is 30.9. The van der Waals surface area contributed by atoms with Crippen molar-refractivity contribution >= 4 is 5.71 Å². The molecule has 0 heterocycles. The third-order valence-corrected chi connectivity index (χ3v) is 2.00. The molecule has 1 nitrogen and oxygen atoms in total. The number of nitrogens with one attached hydrogen (secondary N) is 1. The molecule has 56 valence electrons. The van der Waals surface area contributed by atoms with E-state index in [1.807, 2.05) is 6.08 Å². The average Bonchev–Trinajstić information content (AvgIpc) is 1.84. The molecule has 10 heavy (non-hydrogen) atoms. The van der Waals surface area contributed by atoms with Crippen LogP contribution in [0.1, 0.15) is 32.6 Å². The molecule has 0 aromatic heterocycles. The number of rotatable bonds is 0. The van der Waals surface area contributed by atoms with Gasteiger partial charge in [-0.15, -0.1) is 0 Å². The minimum absolute atomic E-state index is 0.798. The predicted octanol–water partition coefficient (Wildman–Crippen LogP) is 2.77. The molecule has 0 saturated heterocycles. The summed E-state index contributed by atoms with van der Waals surface area (Å²) in [6.07, 6.45) is 8.70. The molecule has 1 aliphatic rings. The van der Waals surface area contributed by atoms with Crippen molar-refractivity contribution in [1.82, 2.24) is 0 Å². The summed E-state index contributed by atoms with van der Waals surface area (Å²) in [6, 6.07) is 0. The first-order valence-corrected chi connectivity index (χ1v) is 4.03. The Balaban J connectivity index is 2.45. The highest BCUT2D eigenvalue weighted by atomic mass is 14.4. The van der Waals surface area contributed by atoms with Crippen molar-refractivity contribution in [3.05, 3.63) is 12.2 Å². The molecule has 0 aliphatic heterocycles. The van der Waals surface area contributed by atoms with Crippen molar-refractivity contribution < 1.29 is 0 Å². The van der Waals surface area contributed by atoms with Crippen molar-refractivity contribution in [2.75, 3.05) is 0 Å². The second-order valence-corrected chi connectivity index (χ2v) is 3.16. The maximum Gasteiger partial charge on any atom is 0.0310 e. The fraction of sp³-hybridized carbons (Fsp3) is 0.667. The van der Waals surface area contributed by atoms with Gasteiger partial charge in [-0.1, -0.05) is 19.4 Å². The largest absolute Gasteiger partial charge is 0.305 e. The third-order valence-electron chi connectivity index (χ3n) is 2.00. The monoisotopic (exact) mass is 137 g/mol. The summed E-state index contributed by atoms with van der Waals surface area (Å²) in [5.74, 6) is 0.823. The first-order chi connectivity index (χ1) is 4.79. The van der Waals surface area contributed by atoms with Crippen molar-refractivity contribution in [2.45, 2.75) is 32.6 Å². The molecule has 0 radical (unpaired) electrons. The SMILES string of the molecule is CC1C/C=C\C(=N)CCC1. The van der Waals surface area contributed by atoms with Gasteiger partial charge in [-0.2, -0.15) is 0 Å². The van der Waals surface area contributed by atoms with Gasteiger partial charge in [0.1, 0.15) is 0 Å². The Bertz CT molecular complexity index is 147. The van der Waals surface area contributed by atoms with E-state index < -0.39 is 0 Å². The molecular weight excluding hydrogens is 122 g/mol. The zero-order chi connectivity index (χ0) is 7.40. The first kappa shape index (κ1) is 7.52. The molecule has 0 bridgehead atoms. The second-order valence-electron chi connectivity index (χ2n) is 3.16. The van der Waals surface area contributed by atoms with E-state index in [0.29, 0.717) is 0 Å². The van der Waals surface area contributed by atoms with Crippen LogP contribution in [-0.2, 0) is 0 Å². The molecule has 1 unspecified atom stereocenters. The van der Waals surface area contributed by atoms with Crippen molar-refractivity contribution in [3.8, 4) is 0 Å². The van der Waals surface area contributed by atoms with E-state index in [2.05, 4.69) is 13.0 Å². The van der Waals surface area contributed by atoms with Gasteiger partial charge >= 0.3 is 0 Å². The van der Waals surface area contributed by atoms with E-state index in [9.17, 15) is 0 Å². The van der Waals surface area contributed by atoms with Crippen molar-refractivity contribution in [1.29, 1.82) is 5.41 Å². The van der Waals surface area contributed by atoms with E-state index in [1.54, 1.807) is 0 Å². The zero-order valence-corrected chi connectivity index (χ0v) is 6.56. The summed E-state index contributed by atoms with van der Waals surface area (Å²) in [6.45, 7) is 2.28. The molecule has 0 aromatic carbocycles. The van der Waals surface area contributed by atoms with Gasteiger partial charge in [0.15, 0.2) is 0 Å². The second kappa shape index (κ2) is 3.55. The van der Waals surface area contributed by atoms with Crippen LogP contribution in [0.2, 0.25) is 0 Å². The molecule has 0 saturated carbocycles. The molecule has 0 spiro atoms. The van der Waals surface area contributed by atoms with Crippen LogP contribution in [0.5, 0.6) is 0 Å². The summed E-state index contributed by atoms with van der Waals surface area (Å²) in [7, 11) is 0. The van der Waals surface area contributed by atoms with Gasteiger partial charge in [-0.05, 0) is 31.3 Å². The molecule has 1 atom stereocenters. The van der Waals surface area contributed by atoms with Gasteiger partial charge < -0.3 is 5.41 Å². The maximum atomic E-state index is 7.40. The van der Waals surface area contributed by atoms with Crippen molar-refractivity contribution in [3.63, 3.8) is 0 Å². The van der Waals surface area contributed by atoms with Crippen LogP contribution in [-0.4, -0.2) is 5.71 Å². The number of allylic oxidation sites excluding steroid dienone is 2. The molecule has 1 N–H and O–H groups in total. The molecule has 0 aromatic rings. The Morgan fingerprint density at radius 3 is 3.20 bits per heavy atom. The molecule has 0 amide bonds. The standard InChI is InChI=1S/C9H15N/c1-8-4-2-6-9(10)7-3-5-8/h2,6,8,10H,3-5,7H2,1H3/b6-2-,10-9?. The summed E-state index contributed by atoms with van der Waals surface area (Å²) < 4.78 is 0. The van der Waals surface area contributed by atoms with Gasteiger partial charge in [0.05, 0.1) is 0 Å². The fourth-order valence-electron chi connectivity index (χ4n) is 1.28. The molecular formula is C9H15N. The average molecular weight is 137 g/mol. The smallest absolute Gasteiger partial charge is 0.0310 e. The van der Waals surface area contributed by atoms with Crippen LogP contribution in [0.25, 0.3) is 0 Å². The van der Waals surface area contributed by atoms with Gasteiger partial charge in [-0.3, -0.25) is 0 Å². The Morgan fingerprint density at radius 2 is 2.40 bits per heavy atom. The highest BCUT2D eigenvalue weighted by Crippen LogP contribution is 2.15. The molecule has 0 fully saturated rings. The minimum atomic E-state index is 0.798. The summed E-state index contributed by atoms with van der Waals surface area (Å²) >= 11 is 0. The van der Waals surface area contributed by atoms with Crippen LogP contribution < -0.4 is 0 Å². The summed E-state index contributed by atoms with van der Waals surface area (Å²) in [5, 5.41) is 7.40. The lowest BCUT2D eigenvalue weighted by Gasteiger charge is -2.10. The van der Waals surface area contributed by atoms with E-state index in [-0.39, 0.29) is 0 Å². The quantitative estimate of drug-likeness (QED) is 0.531. The lowest BCUT2D eigenvalue weighted by Crippen LogP contribution is -2.00. The zero-order valence-electron chi connectivity index (χ0n) is 6.56. The number of hydrogen-bond acceptors (Lipinski definition) is 1. The van der Waals surface area contributed by atoms with Crippen LogP contribution in [0.4, 0.5) is 0 Å². The van der Waals surface area contributed by atoms with Gasteiger partial charge in [0.25, 0.3) is 0 Å². The van der Waals surface area contributed by atoms with Crippen molar-refractivity contribution in [2.24, 2.45) is 5.92 Å². The van der Waals surface area contributed by atoms with Crippen LogP contribution in [0.3, 0.4) is 0 Å². The van der Waals surface area contributed by atoms with Crippen LogP contribution in [0, 0.1) is 11.3 Å². The Hall–Kier alpha value is -0.590. The summed E-state index contributed by atoms with van der Waals surface area (Å²) in [4.78, 5) is 0. The van der Waals surface area contributed by atoms with Crippen LogP contribution >= 0.6 is 0 Å². The van der Waals surface area contributed by atoms with Gasteiger partial charge in [0, 0.05) is 5.71 Å². The highest BCUT2D eigenvalue weighted by molar-refractivity contribution is 5.92. The van der Waals surface area contributed by atoms with Crippen LogP contribution in [0.15, 0.2) is 12.2 Å². The Kier molecular flexibility index (Phi) is 2.67. The predicted molar refractivity (Wildman–Crippen MR) is 44.5 cm³/mol. The van der Waals surface area contributed by atoms with Gasteiger partial charge in [0.2, 0.25) is 0 Å². The van der Waals surface area contributed by atoms with E-state index in [0.717, 1.165) is 24.5 Å².